The van der Waals surface area contributed by atoms with Gasteiger partial charge in [-0.1, -0.05) is 0 Å². The van der Waals surface area contributed by atoms with E-state index in [0.717, 1.165) is 0 Å². The van der Waals surface area contributed by atoms with Gasteiger partial charge in [-0.25, -0.2) is 15.0 Å². The van der Waals surface area contributed by atoms with Crippen LogP contribution in [0.2, 0.25) is 0 Å². The molecule has 8 nitrogen and oxygen atoms in total. The monoisotopic (exact) mass is 333 g/mol. The number of carbonyl (C=O) groups excluding carboxylic acids is 2. The Balaban J connectivity index is 1.57. The summed E-state index contributed by atoms with van der Waals surface area (Å²) < 4.78 is 5.22. The molecule has 3 heterocycles. The molecule has 0 aliphatic carbocycles. The number of rotatable bonds is 4. The van der Waals surface area contributed by atoms with Gasteiger partial charge in [-0.05, 0) is 6.07 Å². The second kappa shape index (κ2) is 7.25. The SMILES string of the molecule is O=C(Nc1nc(CC(=O)N2CCOCC2)cs1)c1ncccn1. The highest BCUT2D eigenvalue weighted by Gasteiger charge is 2.18. The van der Waals surface area contributed by atoms with Crippen LogP contribution >= 0.6 is 11.3 Å². The number of thiazole rings is 1. The maximum atomic E-state index is 12.1. The molecule has 1 fully saturated rings. The van der Waals surface area contributed by atoms with Crippen molar-refractivity contribution in [2.75, 3.05) is 31.6 Å². The fourth-order valence-electron chi connectivity index (χ4n) is 2.09. The minimum Gasteiger partial charge on any atom is -0.378 e. The predicted molar refractivity (Wildman–Crippen MR) is 83.2 cm³/mol. The highest BCUT2D eigenvalue weighted by molar-refractivity contribution is 7.14. The number of carbonyl (C=O) groups is 2. The number of aromatic nitrogens is 3. The van der Waals surface area contributed by atoms with Gasteiger partial charge in [0.2, 0.25) is 11.7 Å². The highest BCUT2D eigenvalue weighted by atomic mass is 32.1. The summed E-state index contributed by atoms with van der Waals surface area (Å²) in [5, 5.41) is 4.82. The van der Waals surface area contributed by atoms with Crippen molar-refractivity contribution in [3.8, 4) is 0 Å². The summed E-state index contributed by atoms with van der Waals surface area (Å²) in [5.41, 5.74) is 0.635. The maximum Gasteiger partial charge on any atom is 0.295 e. The lowest BCUT2D eigenvalue weighted by atomic mass is 10.3. The number of anilines is 1. The first-order chi connectivity index (χ1) is 11.2. The molecule has 3 rings (SSSR count). The molecular weight excluding hydrogens is 318 g/mol. The number of morpholine rings is 1. The van der Waals surface area contributed by atoms with Gasteiger partial charge >= 0.3 is 0 Å². The quantitative estimate of drug-likeness (QED) is 0.879. The lowest BCUT2D eigenvalue weighted by Crippen LogP contribution is -2.41. The van der Waals surface area contributed by atoms with E-state index in [4.69, 9.17) is 4.74 Å². The summed E-state index contributed by atoms with van der Waals surface area (Å²) in [6, 6.07) is 1.63. The van der Waals surface area contributed by atoms with Crippen molar-refractivity contribution in [2.24, 2.45) is 0 Å². The van der Waals surface area contributed by atoms with Crippen LogP contribution in [-0.2, 0) is 16.0 Å². The zero-order valence-electron chi connectivity index (χ0n) is 12.3. The van der Waals surface area contributed by atoms with Crippen LogP contribution in [0.25, 0.3) is 0 Å². The molecule has 1 aliphatic rings. The van der Waals surface area contributed by atoms with Crippen molar-refractivity contribution in [2.45, 2.75) is 6.42 Å². The minimum atomic E-state index is -0.425. The second-order valence-corrected chi connectivity index (χ2v) is 5.70. The molecule has 9 heteroatoms. The Morgan fingerprint density at radius 3 is 2.74 bits per heavy atom. The lowest BCUT2D eigenvalue weighted by molar-refractivity contribution is -0.134. The van der Waals surface area contributed by atoms with Gasteiger partial charge in [0.05, 0.1) is 25.3 Å². The molecular formula is C14H15N5O3S. The van der Waals surface area contributed by atoms with Crippen molar-refractivity contribution in [3.05, 3.63) is 35.4 Å². The molecule has 120 valence electrons. The molecule has 23 heavy (non-hydrogen) atoms. The van der Waals surface area contributed by atoms with E-state index in [1.54, 1.807) is 16.3 Å². The Hall–Kier alpha value is -2.39. The molecule has 2 aromatic rings. The van der Waals surface area contributed by atoms with E-state index in [1.807, 2.05) is 0 Å². The molecule has 1 saturated heterocycles. The van der Waals surface area contributed by atoms with Crippen LogP contribution in [0.5, 0.6) is 0 Å². The van der Waals surface area contributed by atoms with E-state index < -0.39 is 5.91 Å². The largest absolute Gasteiger partial charge is 0.378 e. The summed E-state index contributed by atoms with van der Waals surface area (Å²) >= 11 is 1.27. The summed E-state index contributed by atoms with van der Waals surface area (Å²) in [6.45, 7) is 2.36. The van der Waals surface area contributed by atoms with Crippen LogP contribution in [0.3, 0.4) is 0 Å². The number of hydrogen-bond donors (Lipinski definition) is 1. The third-order valence-electron chi connectivity index (χ3n) is 3.24. The lowest BCUT2D eigenvalue weighted by Gasteiger charge is -2.26. The van der Waals surface area contributed by atoms with Crippen LogP contribution in [-0.4, -0.2) is 58.0 Å². The minimum absolute atomic E-state index is 0.0165. The Morgan fingerprint density at radius 1 is 1.26 bits per heavy atom. The van der Waals surface area contributed by atoms with Crippen molar-refractivity contribution in [3.63, 3.8) is 0 Å². The van der Waals surface area contributed by atoms with Gasteiger partial charge in [0.1, 0.15) is 0 Å². The van der Waals surface area contributed by atoms with Gasteiger partial charge in [0.15, 0.2) is 5.13 Å². The number of ether oxygens (including phenoxy) is 1. The first-order valence-electron chi connectivity index (χ1n) is 7.10. The standard InChI is InChI=1S/C14H15N5O3S/c20-11(19-4-6-22-7-5-19)8-10-9-23-14(17-10)18-13(21)12-15-2-1-3-16-12/h1-3,9H,4-8H2,(H,17,18,21). The third kappa shape index (κ3) is 4.08. The smallest absolute Gasteiger partial charge is 0.295 e. The molecule has 0 radical (unpaired) electrons. The first kappa shape index (κ1) is 15.5. The number of amides is 2. The zero-order valence-corrected chi connectivity index (χ0v) is 13.1. The predicted octanol–water partition coefficient (Wildman–Crippen LogP) is 0.587. The van der Waals surface area contributed by atoms with Crippen LogP contribution in [0.4, 0.5) is 5.13 Å². The molecule has 0 saturated carbocycles. The van der Waals surface area contributed by atoms with Crippen LogP contribution < -0.4 is 5.32 Å². The number of nitrogens with zero attached hydrogens (tertiary/aromatic N) is 4. The Morgan fingerprint density at radius 2 is 2.00 bits per heavy atom. The van der Waals surface area contributed by atoms with E-state index in [1.165, 1.54) is 23.7 Å². The number of nitrogens with one attached hydrogen (secondary N) is 1. The molecule has 0 aromatic carbocycles. The normalized spacial score (nSPS) is 14.5. The molecule has 0 bridgehead atoms. The van der Waals surface area contributed by atoms with Gasteiger partial charge in [-0.15, -0.1) is 11.3 Å². The van der Waals surface area contributed by atoms with Gasteiger partial charge in [-0.2, -0.15) is 0 Å². The van der Waals surface area contributed by atoms with Gasteiger partial charge in [0.25, 0.3) is 5.91 Å². The first-order valence-corrected chi connectivity index (χ1v) is 7.98. The van der Waals surface area contributed by atoms with E-state index in [9.17, 15) is 9.59 Å². The molecule has 0 spiro atoms. The van der Waals surface area contributed by atoms with E-state index in [2.05, 4.69) is 20.3 Å². The molecule has 1 N–H and O–H groups in total. The summed E-state index contributed by atoms with van der Waals surface area (Å²) in [5.74, 6) is -0.331. The van der Waals surface area contributed by atoms with Gasteiger partial charge < -0.3 is 9.64 Å². The van der Waals surface area contributed by atoms with Crippen molar-refractivity contribution < 1.29 is 14.3 Å². The molecule has 0 unspecified atom stereocenters. The fraction of sp³-hybridized carbons (Fsp3) is 0.357. The van der Waals surface area contributed by atoms with Crippen molar-refractivity contribution >= 4 is 28.3 Å². The van der Waals surface area contributed by atoms with Gasteiger partial charge in [-0.3, -0.25) is 14.9 Å². The van der Waals surface area contributed by atoms with Crippen molar-refractivity contribution in [1.82, 2.24) is 19.9 Å². The number of hydrogen-bond acceptors (Lipinski definition) is 7. The zero-order chi connectivity index (χ0) is 16.1. The average Bonchev–Trinajstić information content (AvgIpc) is 3.03. The average molecular weight is 333 g/mol. The van der Waals surface area contributed by atoms with E-state index in [-0.39, 0.29) is 18.2 Å². The van der Waals surface area contributed by atoms with Crippen molar-refractivity contribution in [1.29, 1.82) is 0 Å². The molecule has 0 atom stereocenters. The van der Waals surface area contributed by atoms with Gasteiger partial charge in [0, 0.05) is 30.9 Å². The molecule has 2 aromatic heterocycles. The van der Waals surface area contributed by atoms with Crippen LogP contribution in [0.15, 0.2) is 23.8 Å². The molecule has 1 aliphatic heterocycles. The van der Waals surface area contributed by atoms with E-state index >= 15 is 0 Å². The summed E-state index contributed by atoms with van der Waals surface area (Å²) in [7, 11) is 0. The second-order valence-electron chi connectivity index (χ2n) is 4.84. The Bertz CT molecular complexity index is 685. The van der Waals surface area contributed by atoms with Crippen LogP contribution in [0.1, 0.15) is 16.3 Å². The highest BCUT2D eigenvalue weighted by Crippen LogP contribution is 2.17. The maximum absolute atomic E-state index is 12.1. The van der Waals surface area contributed by atoms with E-state index in [0.29, 0.717) is 37.1 Å². The Labute approximate surface area is 136 Å². The fourth-order valence-corrected chi connectivity index (χ4v) is 2.80. The summed E-state index contributed by atoms with van der Waals surface area (Å²) in [6.07, 6.45) is 3.21. The Kier molecular flexibility index (Phi) is 4.89. The topological polar surface area (TPSA) is 97.3 Å². The molecule has 2 amide bonds. The summed E-state index contributed by atoms with van der Waals surface area (Å²) in [4.78, 5) is 37.9. The third-order valence-corrected chi connectivity index (χ3v) is 4.04. The van der Waals surface area contributed by atoms with Crippen LogP contribution in [0, 0.1) is 0 Å².